The first-order chi connectivity index (χ1) is 35.6. The number of allylic oxidation sites excluding steroid dienone is 9. The number of unbranched alkanes of at least 4 members (excludes halogenated alkanes) is 24. The molecular weight excluding hydrogens is 931 g/mol. The first kappa shape index (κ1) is 66.8. The van der Waals surface area contributed by atoms with Crippen molar-refractivity contribution in [2.45, 2.75) is 286 Å². The molecule has 14 heteroatoms. The minimum atomic E-state index is -1.79. The van der Waals surface area contributed by atoms with E-state index >= 15 is 0 Å². The molecule has 2 fully saturated rings. The summed E-state index contributed by atoms with van der Waals surface area (Å²) in [5, 5.41) is 86.7. The fourth-order valence-corrected chi connectivity index (χ4v) is 9.20. The van der Waals surface area contributed by atoms with Crippen LogP contribution in [0, 0.1) is 0 Å². The first-order valence-electron chi connectivity index (χ1n) is 29.0. The second kappa shape index (κ2) is 44.8. The molecule has 14 nitrogen and oxygen atoms in total. The van der Waals surface area contributed by atoms with Crippen molar-refractivity contribution in [2.24, 2.45) is 0 Å². The van der Waals surface area contributed by atoms with E-state index in [1.165, 1.54) is 135 Å². The highest BCUT2D eigenvalue weighted by atomic mass is 16.7. The standard InChI is InChI=1S/C59H105NO13/c1-3-5-7-9-11-13-15-16-17-18-19-20-21-22-23-24-25-26-27-28-29-30-31-32-33-35-37-39-41-43-51(64)60-47(48(63)42-40-38-36-34-14-12-10-8-6-4-2)46-70-58-56(69)54(67)57(50(45-62)72-58)73-59-55(68)53(66)52(65)49(44-61)71-59/h14-16,18-19,21-22,34,40,42,47-50,52-59,61-63,65-69H,3-13,17,20,23-33,35-39,41,43-46H2,1-2H3,(H,60,64)/b16-15-,19-18-,22-21-,34-14+,42-40+. The second-order valence-corrected chi connectivity index (χ2v) is 20.4. The topological polar surface area (TPSA) is 228 Å². The van der Waals surface area contributed by atoms with Gasteiger partial charge in [-0.2, -0.15) is 0 Å². The molecule has 1 amide bonds. The predicted molar refractivity (Wildman–Crippen MR) is 290 cm³/mol. The third-order valence-electron chi connectivity index (χ3n) is 13.9. The summed E-state index contributed by atoms with van der Waals surface area (Å²) < 4.78 is 22.7. The first-order valence-corrected chi connectivity index (χ1v) is 29.0. The van der Waals surface area contributed by atoms with E-state index in [-0.39, 0.29) is 18.9 Å². The Balaban J connectivity index is 1.67. The lowest BCUT2D eigenvalue weighted by Gasteiger charge is -2.46. The van der Waals surface area contributed by atoms with Gasteiger partial charge in [0.25, 0.3) is 0 Å². The maximum Gasteiger partial charge on any atom is 0.220 e. The lowest BCUT2D eigenvalue weighted by atomic mass is 9.97. The average molecular weight is 1040 g/mol. The number of aliphatic hydroxyl groups is 8. The highest BCUT2D eigenvalue weighted by molar-refractivity contribution is 5.76. The Morgan fingerprint density at radius 2 is 0.918 bits per heavy atom. The van der Waals surface area contributed by atoms with Gasteiger partial charge in [-0.15, -0.1) is 0 Å². The van der Waals surface area contributed by atoms with Crippen molar-refractivity contribution in [3.63, 3.8) is 0 Å². The van der Waals surface area contributed by atoms with Crippen LogP contribution in [0.1, 0.15) is 213 Å². The molecule has 12 unspecified atom stereocenters. The second-order valence-electron chi connectivity index (χ2n) is 20.4. The van der Waals surface area contributed by atoms with Crippen molar-refractivity contribution < 1.29 is 64.6 Å². The number of aliphatic hydroxyl groups excluding tert-OH is 8. The quantitative estimate of drug-likeness (QED) is 0.0205. The summed E-state index contributed by atoms with van der Waals surface area (Å²) in [6, 6.07) is -0.931. The molecule has 2 saturated heterocycles. The molecule has 73 heavy (non-hydrogen) atoms. The van der Waals surface area contributed by atoms with Crippen LogP contribution in [-0.2, 0) is 23.7 Å². The molecule has 2 heterocycles. The maximum atomic E-state index is 13.2. The van der Waals surface area contributed by atoms with Gasteiger partial charge in [-0.1, -0.05) is 197 Å². The Kier molecular flexibility index (Phi) is 41.0. The van der Waals surface area contributed by atoms with Crippen molar-refractivity contribution in [2.75, 3.05) is 19.8 Å². The average Bonchev–Trinajstić information content (AvgIpc) is 3.39. The van der Waals surface area contributed by atoms with Gasteiger partial charge in [-0.25, -0.2) is 0 Å². The van der Waals surface area contributed by atoms with Gasteiger partial charge in [0.2, 0.25) is 5.91 Å². The molecule has 9 N–H and O–H groups in total. The maximum absolute atomic E-state index is 13.2. The van der Waals surface area contributed by atoms with E-state index in [2.05, 4.69) is 67.8 Å². The fourth-order valence-electron chi connectivity index (χ4n) is 9.20. The summed E-state index contributed by atoms with van der Waals surface area (Å²) in [6.07, 6.45) is 40.0. The minimum absolute atomic E-state index is 0.254. The van der Waals surface area contributed by atoms with Crippen LogP contribution in [0.5, 0.6) is 0 Å². The molecule has 0 saturated carbocycles. The Morgan fingerprint density at radius 3 is 1.45 bits per heavy atom. The van der Waals surface area contributed by atoms with Gasteiger partial charge in [0.1, 0.15) is 48.8 Å². The summed E-state index contributed by atoms with van der Waals surface area (Å²) in [4.78, 5) is 13.2. The molecule has 2 aliphatic rings. The largest absolute Gasteiger partial charge is 0.394 e. The van der Waals surface area contributed by atoms with Crippen LogP contribution in [0.4, 0.5) is 0 Å². The van der Waals surface area contributed by atoms with Crippen LogP contribution in [0.2, 0.25) is 0 Å². The van der Waals surface area contributed by atoms with Gasteiger partial charge in [-0.05, 0) is 70.6 Å². The number of carbonyl (C=O) groups excluding carboxylic acids is 1. The van der Waals surface area contributed by atoms with Crippen LogP contribution in [-0.4, -0.2) is 140 Å². The Hall–Kier alpha value is -2.31. The van der Waals surface area contributed by atoms with Crippen molar-refractivity contribution in [1.29, 1.82) is 0 Å². The summed E-state index contributed by atoms with van der Waals surface area (Å²) in [7, 11) is 0. The number of nitrogens with one attached hydrogen (secondary N) is 1. The zero-order valence-corrected chi connectivity index (χ0v) is 45.4. The van der Waals surface area contributed by atoms with Crippen LogP contribution < -0.4 is 5.32 Å². The fraction of sp³-hybridized carbons (Fsp3) is 0.814. The molecule has 2 rings (SSSR count). The van der Waals surface area contributed by atoms with E-state index in [0.717, 1.165) is 44.9 Å². The Labute approximate surface area is 441 Å². The number of hydrogen-bond donors (Lipinski definition) is 9. The van der Waals surface area contributed by atoms with Crippen LogP contribution in [0.25, 0.3) is 0 Å². The predicted octanol–water partition coefficient (Wildman–Crippen LogP) is 9.39. The van der Waals surface area contributed by atoms with Crippen molar-refractivity contribution >= 4 is 5.91 Å². The molecule has 0 aromatic carbocycles. The Bertz CT molecular complexity index is 1450. The number of ether oxygens (including phenoxy) is 4. The Morgan fingerprint density at radius 1 is 0.493 bits per heavy atom. The number of amides is 1. The van der Waals surface area contributed by atoms with Crippen molar-refractivity contribution in [1.82, 2.24) is 5.32 Å². The lowest BCUT2D eigenvalue weighted by Crippen LogP contribution is -2.65. The van der Waals surface area contributed by atoms with E-state index in [1.807, 2.05) is 6.08 Å². The van der Waals surface area contributed by atoms with E-state index < -0.39 is 86.8 Å². The van der Waals surface area contributed by atoms with E-state index in [9.17, 15) is 45.6 Å². The molecule has 0 radical (unpaired) electrons. The highest BCUT2D eigenvalue weighted by Crippen LogP contribution is 2.30. The highest BCUT2D eigenvalue weighted by Gasteiger charge is 2.51. The van der Waals surface area contributed by atoms with Gasteiger partial charge >= 0.3 is 0 Å². The summed E-state index contributed by atoms with van der Waals surface area (Å²) >= 11 is 0. The number of hydrogen-bond acceptors (Lipinski definition) is 13. The van der Waals surface area contributed by atoms with Crippen LogP contribution in [0.3, 0.4) is 0 Å². The lowest BCUT2D eigenvalue weighted by molar-refractivity contribution is -0.359. The van der Waals surface area contributed by atoms with Gasteiger partial charge < -0.3 is 65.1 Å². The van der Waals surface area contributed by atoms with Crippen LogP contribution >= 0.6 is 0 Å². The third-order valence-corrected chi connectivity index (χ3v) is 13.9. The zero-order chi connectivity index (χ0) is 53.2. The summed E-state index contributed by atoms with van der Waals surface area (Å²) in [6.45, 7) is 2.71. The summed E-state index contributed by atoms with van der Waals surface area (Å²) in [5.74, 6) is -0.254. The normalized spacial score (nSPS) is 25.8. The molecular formula is C59H105NO13. The molecule has 0 aromatic rings. The number of carbonyl (C=O) groups is 1. The summed E-state index contributed by atoms with van der Waals surface area (Å²) in [5.41, 5.74) is 0. The van der Waals surface area contributed by atoms with Gasteiger partial charge in [0.15, 0.2) is 12.6 Å². The minimum Gasteiger partial charge on any atom is -0.394 e. The zero-order valence-electron chi connectivity index (χ0n) is 45.4. The monoisotopic (exact) mass is 1040 g/mol. The van der Waals surface area contributed by atoms with Gasteiger partial charge in [-0.3, -0.25) is 4.79 Å². The van der Waals surface area contributed by atoms with Gasteiger partial charge in [0, 0.05) is 6.42 Å². The molecule has 0 spiro atoms. The molecule has 0 aromatic heterocycles. The van der Waals surface area contributed by atoms with E-state index in [4.69, 9.17) is 18.9 Å². The smallest absolute Gasteiger partial charge is 0.220 e. The number of rotatable bonds is 45. The SMILES string of the molecule is CCCCCC/C=C/CC/C=C/C(O)C(COC1OC(CO)C(OC2OC(CO)C(O)C(O)C2O)C(O)C1O)NC(=O)CCCCCCCCCCCCCCCC/C=C\C/C=C\C/C=C\CCCCCCC. The third kappa shape index (κ3) is 30.9. The molecule has 2 aliphatic heterocycles. The molecule has 12 atom stereocenters. The molecule has 0 aliphatic carbocycles. The van der Waals surface area contributed by atoms with Gasteiger partial charge in [0.05, 0.1) is 32.0 Å². The van der Waals surface area contributed by atoms with Crippen molar-refractivity contribution in [3.8, 4) is 0 Å². The van der Waals surface area contributed by atoms with Crippen LogP contribution in [0.15, 0.2) is 60.8 Å². The molecule has 424 valence electrons. The molecule has 0 bridgehead atoms. The van der Waals surface area contributed by atoms with E-state index in [1.54, 1.807) is 6.08 Å². The van der Waals surface area contributed by atoms with Crippen molar-refractivity contribution in [3.05, 3.63) is 60.8 Å². The van der Waals surface area contributed by atoms with E-state index in [0.29, 0.717) is 12.8 Å².